The Balaban J connectivity index is 1.49. The maximum Gasteiger partial charge on any atom is 0.266 e. The summed E-state index contributed by atoms with van der Waals surface area (Å²) in [5.74, 6) is 1.33. The summed E-state index contributed by atoms with van der Waals surface area (Å²) in [6.07, 6.45) is 1.43. The minimum Gasteiger partial charge on any atom is -0.493 e. The van der Waals surface area contributed by atoms with Crippen molar-refractivity contribution < 1.29 is 23.7 Å². The first-order valence-corrected chi connectivity index (χ1v) is 13.8. The maximum atomic E-state index is 12.7. The number of halogens is 2. The van der Waals surface area contributed by atoms with Crippen LogP contribution in [0.25, 0.3) is 6.08 Å². The minimum atomic E-state index is -0.570. The van der Waals surface area contributed by atoms with Gasteiger partial charge in [0.25, 0.3) is 5.91 Å². The van der Waals surface area contributed by atoms with Crippen molar-refractivity contribution in [3.8, 4) is 29.1 Å². The Hall–Kier alpha value is -4.64. The van der Waals surface area contributed by atoms with Crippen LogP contribution in [0.1, 0.15) is 23.6 Å². The standard InChI is InChI=1S/C33H28Cl2N2O5/c1-3-40-31-18-24(15-25(19-36)33(38)37-27-12-10-26(34)11-13-27)16-28(35)32(31)42-21-23-9-14-29(30(17-23)39-2)41-20-22-7-5-4-6-8-22/h4-18H,3,20-21H2,1-2H3,(H,37,38)/b25-15-. The molecule has 0 aromatic heterocycles. The molecule has 42 heavy (non-hydrogen) atoms. The molecule has 0 atom stereocenters. The summed E-state index contributed by atoms with van der Waals surface area (Å²) in [7, 11) is 1.58. The third kappa shape index (κ3) is 8.20. The van der Waals surface area contributed by atoms with Crippen LogP contribution in [0, 0.1) is 11.3 Å². The van der Waals surface area contributed by atoms with E-state index in [9.17, 15) is 10.1 Å². The monoisotopic (exact) mass is 602 g/mol. The summed E-state index contributed by atoms with van der Waals surface area (Å²) in [5, 5.41) is 13.1. The van der Waals surface area contributed by atoms with Crippen molar-refractivity contribution in [3.05, 3.63) is 117 Å². The number of anilines is 1. The number of hydrogen-bond acceptors (Lipinski definition) is 6. The van der Waals surface area contributed by atoms with Gasteiger partial charge in [-0.05, 0) is 78.2 Å². The molecule has 0 radical (unpaired) electrons. The Kier molecular flexibility index (Phi) is 10.7. The van der Waals surface area contributed by atoms with E-state index in [-0.39, 0.29) is 17.2 Å². The molecular formula is C33H28Cl2N2O5. The van der Waals surface area contributed by atoms with E-state index >= 15 is 0 Å². The van der Waals surface area contributed by atoms with Crippen molar-refractivity contribution in [3.63, 3.8) is 0 Å². The third-order valence-electron chi connectivity index (χ3n) is 5.96. The first-order valence-electron chi connectivity index (χ1n) is 13.0. The number of hydrogen-bond donors (Lipinski definition) is 1. The van der Waals surface area contributed by atoms with Crippen molar-refractivity contribution >= 4 is 40.9 Å². The quantitative estimate of drug-likeness (QED) is 0.130. The summed E-state index contributed by atoms with van der Waals surface area (Å²) < 4.78 is 23.3. The normalized spacial score (nSPS) is 10.9. The van der Waals surface area contributed by atoms with E-state index in [1.54, 1.807) is 43.5 Å². The number of nitrogens with one attached hydrogen (secondary N) is 1. The molecule has 214 valence electrons. The van der Waals surface area contributed by atoms with Gasteiger partial charge in [0.15, 0.2) is 23.0 Å². The van der Waals surface area contributed by atoms with Crippen LogP contribution in [0.5, 0.6) is 23.0 Å². The van der Waals surface area contributed by atoms with Crippen LogP contribution < -0.4 is 24.3 Å². The van der Waals surface area contributed by atoms with Crippen LogP contribution in [0.4, 0.5) is 5.69 Å². The SMILES string of the molecule is CCOc1cc(/C=C(/C#N)C(=O)Nc2ccc(Cl)cc2)cc(Cl)c1OCc1ccc(OCc2ccccc2)c(OC)c1. The zero-order valence-electron chi connectivity index (χ0n) is 23.0. The van der Waals surface area contributed by atoms with Crippen molar-refractivity contribution in [2.45, 2.75) is 20.1 Å². The molecule has 0 saturated carbocycles. The fraction of sp³-hybridized carbons (Fsp3) is 0.152. The van der Waals surface area contributed by atoms with Crippen LogP contribution in [-0.2, 0) is 18.0 Å². The fourth-order valence-corrected chi connectivity index (χ4v) is 4.33. The Morgan fingerprint density at radius 2 is 1.60 bits per heavy atom. The second-order valence-electron chi connectivity index (χ2n) is 8.94. The predicted octanol–water partition coefficient (Wildman–Crippen LogP) is 8.10. The first kappa shape index (κ1) is 30.3. The van der Waals surface area contributed by atoms with Gasteiger partial charge in [0.2, 0.25) is 0 Å². The molecule has 4 aromatic carbocycles. The van der Waals surface area contributed by atoms with Gasteiger partial charge in [-0.25, -0.2) is 0 Å². The Bertz CT molecular complexity index is 1600. The highest BCUT2D eigenvalue weighted by atomic mass is 35.5. The second kappa shape index (κ2) is 14.8. The van der Waals surface area contributed by atoms with E-state index in [2.05, 4.69) is 5.32 Å². The topological polar surface area (TPSA) is 89.8 Å². The van der Waals surface area contributed by atoms with E-state index in [0.717, 1.165) is 11.1 Å². The van der Waals surface area contributed by atoms with E-state index in [1.807, 2.05) is 61.5 Å². The van der Waals surface area contributed by atoms with Gasteiger partial charge < -0.3 is 24.3 Å². The minimum absolute atomic E-state index is 0.112. The fourth-order valence-electron chi connectivity index (χ4n) is 3.93. The molecule has 9 heteroatoms. The third-order valence-corrected chi connectivity index (χ3v) is 6.49. The molecule has 4 aromatic rings. The molecule has 0 saturated heterocycles. The summed E-state index contributed by atoms with van der Waals surface area (Å²) in [4.78, 5) is 12.7. The largest absolute Gasteiger partial charge is 0.493 e. The highest BCUT2D eigenvalue weighted by molar-refractivity contribution is 6.32. The van der Waals surface area contributed by atoms with E-state index < -0.39 is 5.91 Å². The zero-order chi connectivity index (χ0) is 29.9. The van der Waals surface area contributed by atoms with Crippen LogP contribution in [0.3, 0.4) is 0 Å². The number of methoxy groups -OCH3 is 1. The molecule has 0 fully saturated rings. The molecule has 0 aliphatic heterocycles. The molecule has 1 N–H and O–H groups in total. The number of rotatable bonds is 12. The number of amides is 1. The predicted molar refractivity (Wildman–Crippen MR) is 164 cm³/mol. The van der Waals surface area contributed by atoms with Gasteiger partial charge in [0.05, 0.1) is 18.7 Å². The molecule has 0 heterocycles. The Morgan fingerprint density at radius 3 is 2.29 bits per heavy atom. The van der Waals surface area contributed by atoms with Gasteiger partial charge in [0.1, 0.15) is 24.9 Å². The first-order chi connectivity index (χ1) is 20.4. The number of carbonyl (C=O) groups excluding carboxylic acids is 1. The van der Waals surface area contributed by atoms with Crippen LogP contribution >= 0.6 is 23.2 Å². The summed E-state index contributed by atoms with van der Waals surface area (Å²) in [5.41, 5.74) is 2.77. The highest BCUT2D eigenvalue weighted by Gasteiger charge is 2.16. The van der Waals surface area contributed by atoms with Gasteiger partial charge in [0, 0.05) is 10.7 Å². The van der Waals surface area contributed by atoms with Crippen LogP contribution in [0.15, 0.2) is 90.5 Å². The molecule has 0 bridgehead atoms. The maximum absolute atomic E-state index is 12.7. The van der Waals surface area contributed by atoms with E-state index in [0.29, 0.717) is 52.5 Å². The van der Waals surface area contributed by atoms with E-state index in [4.69, 9.17) is 42.1 Å². The number of nitrogens with zero attached hydrogens (tertiary/aromatic N) is 1. The van der Waals surface area contributed by atoms with Crippen molar-refractivity contribution in [1.29, 1.82) is 5.26 Å². The summed E-state index contributed by atoms with van der Waals surface area (Å²) in [6, 6.07) is 27.2. The van der Waals surface area contributed by atoms with E-state index in [1.165, 1.54) is 6.08 Å². The lowest BCUT2D eigenvalue weighted by molar-refractivity contribution is -0.112. The Labute approximate surface area is 254 Å². The van der Waals surface area contributed by atoms with Gasteiger partial charge in [-0.15, -0.1) is 0 Å². The molecule has 0 aliphatic carbocycles. The number of ether oxygens (including phenoxy) is 4. The lowest BCUT2D eigenvalue weighted by Crippen LogP contribution is -2.13. The molecule has 0 aliphatic rings. The van der Waals surface area contributed by atoms with Gasteiger partial charge >= 0.3 is 0 Å². The molecule has 1 amide bonds. The van der Waals surface area contributed by atoms with Gasteiger partial charge in [-0.1, -0.05) is 59.6 Å². The molecule has 4 rings (SSSR count). The van der Waals surface area contributed by atoms with Crippen molar-refractivity contribution in [2.75, 3.05) is 19.0 Å². The van der Waals surface area contributed by atoms with Gasteiger partial charge in [-0.3, -0.25) is 4.79 Å². The van der Waals surface area contributed by atoms with Crippen LogP contribution in [-0.4, -0.2) is 19.6 Å². The van der Waals surface area contributed by atoms with Crippen molar-refractivity contribution in [2.24, 2.45) is 0 Å². The van der Waals surface area contributed by atoms with Crippen LogP contribution in [0.2, 0.25) is 10.0 Å². The molecule has 0 spiro atoms. The average molecular weight is 604 g/mol. The Morgan fingerprint density at radius 1 is 0.857 bits per heavy atom. The summed E-state index contributed by atoms with van der Waals surface area (Å²) >= 11 is 12.5. The highest BCUT2D eigenvalue weighted by Crippen LogP contribution is 2.38. The number of carbonyl (C=O) groups is 1. The lowest BCUT2D eigenvalue weighted by Gasteiger charge is -2.16. The average Bonchev–Trinajstić information content (AvgIpc) is 3.00. The van der Waals surface area contributed by atoms with Crippen molar-refractivity contribution in [1.82, 2.24) is 0 Å². The molecule has 0 unspecified atom stereocenters. The molecular weight excluding hydrogens is 575 g/mol. The second-order valence-corrected chi connectivity index (χ2v) is 9.79. The summed E-state index contributed by atoms with van der Waals surface area (Å²) in [6.45, 7) is 2.78. The number of benzene rings is 4. The smallest absolute Gasteiger partial charge is 0.266 e. The molecule has 7 nitrogen and oxygen atoms in total. The lowest BCUT2D eigenvalue weighted by atomic mass is 10.1. The zero-order valence-corrected chi connectivity index (χ0v) is 24.5. The van der Waals surface area contributed by atoms with Gasteiger partial charge in [-0.2, -0.15) is 5.26 Å². The number of nitriles is 1.